The van der Waals surface area contributed by atoms with Crippen LogP contribution in [0.5, 0.6) is 0 Å². The van der Waals surface area contributed by atoms with Gasteiger partial charge in [-0.1, -0.05) is 6.07 Å². The van der Waals surface area contributed by atoms with E-state index in [2.05, 4.69) is 29.2 Å². The summed E-state index contributed by atoms with van der Waals surface area (Å²) in [7, 11) is 2.17. The van der Waals surface area contributed by atoms with Gasteiger partial charge in [-0.15, -0.1) is 0 Å². The van der Waals surface area contributed by atoms with Crippen LogP contribution in [0.2, 0.25) is 0 Å². The van der Waals surface area contributed by atoms with E-state index in [-0.39, 0.29) is 0 Å². The Kier molecular flexibility index (Phi) is 2.09. The molecule has 1 atom stereocenters. The minimum absolute atomic E-state index is 0.590. The second-order valence-electron chi connectivity index (χ2n) is 3.36. The molecule has 0 unspecified atom stereocenters. The van der Waals surface area contributed by atoms with Gasteiger partial charge in [0, 0.05) is 12.2 Å². The molecule has 12 heavy (non-hydrogen) atoms. The Morgan fingerprint density at radius 1 is 1.67 bits per heavy atom. The lowest BCUT2D eigenvalue weighted by Gasteiger charge is -2.18. The molecular formula is C10H13N2. The Morgan fingerprint density at radius 3 is 3.17 bits per heavy atom. The molecule has 2 nitrogen and oxygen atoms in total. The lowest BCUT2D eigenvalue weighted by atomic mass is 10.1. The first-order valence-electron chi connectivity index (χ1n) is 4.40. The summed E-state index contributed by atoms with van der Waals surface area (Å²) in [6, 6.07) is 4.59. The average Bonchev–Trinajstić information content (AvgIpc) is 2.53. The Bertz CT molecular complexity index is 245. The highest BCUT2D eigenvalue weighted by molar-refractivity contribution is 5.14. The van der Waals surface area contributed by atoms with E-state index in [4.69, 9.17) is 0 Å². The lowest BCUT2D eigenvalue weighted by molar-refractivity contribution is 0.317. The van der Waals surface area contributed by atoms with Crippen LogP contribution in [0.15, 0.2) is 18.3 Å². The van der Waals surface area contributed by atoms with E-state index in [9.17, 15) is 0 Å². The first-order chi connectivity index (χ1) is 5.88. The third kappa shape index (κ3) is 1.34. The Hall–Kier alpha value is -0.890. The Labute approximate surface area is 73.2 Å². The van der Waals surface area contributed by atoms with Crippen molar-refractivity contribution >= 4 is 0 Å². The molecule has 1 aliphatic rings. The maximum atomic E-state index is 4.01. The molecular weight excluding hydrogens is 148 g/mol. The maximum absolute atomic E-state index is 4.01. The standard InChI is InChI=1S/C10H13N2/c1-12-7-3-5-10(12)9-4-2-6-11-8-9/h2,4,8,10H,3,5,7H2,1H3/t10-/m1/s1. The van der Waals surface area contributed by atoms with Gasteiger partial charge in [-0.3, -0.25) is 9.88 Å². The number of nitrogens with zero attached hydrogens (tertiary/aromatic N) is 2. The number of pyridine rings is 1. The van der Waals surface area contributed by atoms with Gasteiger partial charge < -0.3 is 0 Å². The van der Waals surface area contributed by atoms with Gasteiger partial charge >= 0.3 is 0 Å². The number of hydrogen-bond donors (Lipinski definition) is 0. The summed E-state index contributed by atoms with van der Waals surface area (Å²) in [5.74, 6) is 0. The van der Waals surface area contributed by atoms with Crippen LogP contribution in [-0.4, -0.2) is 23.5 Å². The first kappa shape index (κ1) is 7.74. The van der Waals surface area contributed by atoms with Gasteiger partial charge in [0.1, 0.15) is 0 Å². The Morgan fingerprint density at radius 2 is 2.58 bits per heavy atom. The zero-order valence-corrected chi connectivity index (χ0v) is 7.33. The van der Waals surface area contributed by atoms with Crippen LogP contribution in [0, 0.1) is 6.20 Å². The predicted molar refractivity (Wildman–Crippen MR) is 47.7 cm³/mol. The molecule has 1 aliphatic heterocycles. The maximum Gasteiger partial charge on any atom is 0.0886 e. The fraction of sp³-hybridized carbons (Fsp3) is 0.500. The van der Waals surface area contributed by atoms with Crippen LogP contribution < -0.4 is 0 Å². The number of rotatable bonds is 1. The molecule has 1 saturated heterocycles. The van der Waals surface area contributed by atoms with Crippen LogP contribution in [0.1, 0.15) is 24.4 Å². The lowest BCUT2D eigenvalue weighted by Crippen LogP contribution is -2.17. The topological polar surface area (TPSA) is 16.1 Å². The van der Waals surface area contributed by atoms with E-state index in [0.29, 0.717) is 6.04 Å². The molecule has 2 heteroatoms. The van der Waals surface area contributed by atoms with E-state index in [1.807, 2.05) is 12.3 Å². The molecule has 0 amide bonds. The van der Waals surface area contributed by atoms with Crippen molar-refractivity contribution in [2.45, 2.75) is 18.9 Å². The van der Waals surface area contributed by atoms with Gasteiger partial charge in [0.15, 0.2) is 0 Å². The van der Waals surface area contributed by atoms with Crippen LogP contribution in [0.25, 0.3) is 0 Å². The summed E-state index contributed by atoms with van der Waals surface area (Å²) in [5.41, 5.74) is 1.33. The van der Waals surface area contributed by atoms with Crippen LogP contribution in [0.4, 0.5) is 0 Å². The van der Waals surface area contributed by atoms with Crippen molar-refractivity contribution in [3.8, 4) is 0 Å². The molecule has 0 spiro atoms. The van der Waals surface area contributed by atoms with Gasteiger partial charge in [-0.25, -0.2) is 0 Å². The molecule has 1 fully saturated rings. The highest BCUT2D eigenvalue weighted by atomic mass is 15.1. The van der Waals surface area contributed by atoms with E-state index < -0.39 is 0 Å². The largest absolute Gasteiger partial charge is 0.299 e. The molecule has 0 bridgehead atoms. The van der Waals surface area contributed by atoms with E-state index in [0.717, 1.165) is 0 Å². The van der Waals surface area contributed by atoms with Gasteiger partial charge in [0.05, 0.1) is 6.20 Å². The van der Waals surface area contributed by atoms with Crippen molar-refractivity contribution < 1.29 is 0 Å². The number of aromatic nitrogens is 1. The fourth-order valence-corrected chi connectivity index (χ4v) is 1.86. The average molecular weight is 161 g/mol. The van der Waals surface area contributed by atoms with Gasteiger partial charge in [-0.05, 0) is 38.1 Å². The highest BCUT2D eigenvalue weighted by Crippen LogP contribution is 2.29. The SMILES string of the molecule is CN1CCC[C@@H]1c1cc[c]nc1. The molecule has 1 aromatic heterocycles. The Balaban J connectivity index is 2.19. The van der Waals surface area contributed by atoms with Crippen molar-refractivity contribution in [2.24, 2.45) is 0 Å². The second kappa shape index (κ2) is 3.23. The van der Waals surface area contributed by atoms with E-state index in [1.54, 1.807) is 0 Å². The van der Waals surface area contributed by atoms with Gasteiger partial charge in [0.2, 0.25) is 0 Å². The molecule has 0 saturated carbocycles. The number of likely N-dealkylation sites (tertiary alicyclic amines) is 1. The molecule has 1 aromatic rings. The quantitative estimate of drug-likeness (QED) is 0.622. The van der Waals surface area contributed by atoms with Crippen LogP contribution in [-0.2, 0) is 0 Å². The van der Waals surface area contributed by atoms with Crippen LogP contribution >= 0.6 is 0 Å². The molecule has 0 aliphatic carbocycles. The fourth-order valence-electron chi connectivity index (χ4n) is 1.86. The zero-order chi connectivity index (χ0) is 8.39. The minimum atomic E-state index is 0.590. The third-order valence-electron chi connectivity index (χ3n) is 2.54. The van der Waals surface area contributed by atoms with Gasteiger partial charge in [-0.2, -0.15) is 0 Å². The summed E-state index contributed by atoms with van der Waals surface area (Å²) in [6.07, 6.45) is 7.30. The first-order valence-corrected chi connectivity index (χ1v) is 4.40. The monoisotopic (exact) mass is 161 g/mol. The molecule has 0 aromatic carbocycles. The molecule has 63 valence electrons. The third-order valence-corrected chi connectivity index (χ3v) is 2.54. The second-order valence-corrected chi connectivity index (χ2v) is 3.36. The van der Waals surface area contributed by atoms with Gasteiger partial charge in [0.25, 0.3) is 0 Å². The summed E-state index contributed by atoms with van der Waals surface area (Å²) >= 11 is 0. The minimum Gasteiger partial charge on any atom is -0.299 e. The normalized spacial score (nSPS) is 24.6. The van der Waals surface area contributed by atoms with E-state index >= 15 is 0 Å². The van der Waals surface area contributed by atoms with Crippen molar-refractivity contribution in [1.82, 2.24) is 9.88 Å². The van der Waals surface area contributed by atoms with E-state index in [1.165, 1.54) is 24.9 Å². The van der Waals surface area contributed by atoms with Crippen LogP contribution in [0.3, 0.4) is 0 Å². The highest BCUT2D eigenvalue weighted by Gasteiger charge is 2.21. The predicted octanol–water partition coefficient (Wildman–Crippen LogP) is 1.65. The molecule has 2 heterocycles. The summed E-state index contributed by atoms with van der Waals surface area (Å²) in [6.45, 7) is 1.21. The number of hydrogen-bond acceptors (Lipinski definition) is 2. The molecule has 0 N–H and O–H groups in total. The van der Waals surface area contributed by atoms with Crippen molar-refractivity contribution in [3.63, 3.8) is 0 Å². The summed E-state index contributed by atoms with van der Waals surface area (Å²) in [4.78, 5) is 6.40. The smallest absolute Gasteiger partial charge is 0.0886 e. The molecule has 2 rings (SSSR count). The van der Waals surface area contributed by atoms with Crippen molar-refractivity contribution in [2.75, 3.05) is 13.6 Å². The van der Waals surface area contributed by atoms with Crippen molar-refractivity contribution in [1.29, 1.82) is 0 Å². The zero-order valence-electron chi connectivity index (χ0n) is 7.33. The summed E-state index contributed by atoms with van der Waals surface area (Å²) < 4.78 is 0. The molecule has 1 radical (unpaired) electrons. The summed E-state index contributed by atoms with van der Waals surface area (Å²) in [5, 5.41) is 0. The van der Waals surface area contributed by atoms with Crippen molar-refractivity contribution in [3.05, 3.63) is 30.1 Å².